The average molecular weight is 238 g/mol. The second kappa shape index (κ2) is 3.55. The molecule has 1 saturated heterocycles. The van der Waals surface area contributed by atoms with Crippen molar-refractivity contribution in [2.75, 3.05) is 0 Å². The number of hydrogen-bond donors (Lipinski definition) is 0. The Kier molecular flexibility index (Phi) is 2.57. The maximum atomic E-state index is 8.72. The van der Waals surface area contributed by atoms with Gasteiger partial charge in [0.1, 0.15) is 6.07 Å². The Labute approximate surface area is 99.4 Å². The molecule has 0 amide bonds. The first kappa shape index (κ1) is 11.6. The van der Waals surface area contributed by atoms with E-state index >= 15 is 0 Å². The monoisotopic (exact) mass is 238 g/mol. The van der Waals surface area contributed by atoms with Gasteiger partial charge in [0.2, 0.25) is 0 Å². The van der Waals surface area contributed by atoms with Crippen molar-refractivity contribution in [1.29, 1.82) is 5.26 Å². The van der Waals surface area contributed by atoms with Crippen LogP contribution >= 0.6 is 11.3 Å². The first-order valence-corrected chi connectivity index (χ1v) is 5.95. The fourth-order valence-corrected chi connectivity index (χ4v) is 2.02. The van der Waals surface area contributed by atoms with Crippen molar-refractivity contribution in [3.63, 3.8) is 0 Å². The standard InChI is InChI=1S/C10H13BN2O2S/c1-9(2)10(3,4)15-11(14-9)7-6-16-8(5-12)13-7/h6H,1-4H3/i5+1,12+1. The maximum Gasteiger partial charge on any atom is 0.515 e. The molecule has 2 rings (SSSR count). The lowest BCUT2D eigenvalue weighted by Crippen LogP contribution is -2.41. The SMILES string of the molecule is CC1(C)OB(c2csc([13C]#[15N])n2)OC1(C)C. The summed E-state index contributed by atoms with van der Waals surface area (Å²) >= 11 is 1.30. The molecule has 16 heavy (non-hydrogen) atoms. The van der Waals surface area contributed by atoms with Crippen molar-refractivity contribution in [1.82, 2.24) is 4.98 Å². The summed E-state index contributed by atoms with van der Waals surface area (Å²) in [6.07, 6.45) is 0. The van der Waals surface area contributed by atoms with Crippen molar-refractivity contribution in [2.45, 2.75) is 38.9 Å². The van der Waals surface area contributed by atoms with Crippen LogP contribution in [0.5, 0.6) is 0 Å². The van der Waals surface area contributed by atoms with Crippen molar-refractivity contribution in [3.05, 3.63) is 10.4 Å². The van der Waals surface area contributed by atoms with Crippen LogP contribution in [0.15, 0.2) is 5.38 Å². The number of aromatic nitrogens is 1. The predicted molar refractivity (Wildman–Crippen MR) is 62.5 cm³/mol. The van der Waals surface area contributed by atoms with Gasteiger partial charge in [-0.15, -0.1) is 11.3 Å². The molecule has 1 aromatic heterocycles. The van der Waals surface area contributed by atoms with Crippen LogP contribution < -0.4 is 5.59 Å². The second-order valence-electron chi connectivity index (χ2n) is 4.78. The Morgan fingerprint density at radius 3 is 2.31 bits per heavy atom. The number of rotatable bonds is 1. The highest BCUT2D eigenvalue weighted by Crippen LogP contribution is 2.36. The van der Waals surface area contributed by atoms with Gasteiger partial charge in [0.05, 0.1) is 16.8 Å². The molecule has 4 nitrogen and oxygen atoms in total. The molecule has 0 atom stereocenters. The molecule has 0 spiro atoms. The van der Waals surface area contributed by atoms with Gasteiger partial charge < -0.3 is 9.31 Å². The number of nitrogens with zero attached hydrogens (tertiary/aromatic N) is 2. The molecule has 0 bridgehead atoms. The van der Waals surface area contributed by atoms with Gasteiger partial charge in [0, 0.05) is 5.38 Å². The molecule has 1 aromatic rings. The highest BCUT2D eigenvalue weighted by Gasteiger charge is 2.52. The van der Waals surface area contributed by atoms with E-state index in [9.17, 15) is 0 Å². The lowest BCUT2D eigenvalue weighted by atomic mass is 9.86. The van der Waals surface area contributed by atoms with E-state index in [1.165, 1.54) is 11.3 Å². The lowest BCUT2D eigenvalue weighted by molar-refractivity contribution is 0.00578. The predicted octanol–water partition coefficient (Wildman–Crippen LogP) is 1.31. The minimum atomic E-state index is -0.469. The first-order valence-electron chi connectivity index (χ1n) is 5.07. The maximum absolute atomic E-state index is 8.72. The molecule has 0 radical (unpaired) electrons. The van der Waals surface area contributed by atoms with Gasteiger partial charge in [-0.05, 0) is 27.7 Å². The molecular weight excluding hydrogens is 225 g/mol. The molecule has 84 valence electrons. The minimum Gasteiger partial charge on any atom is -0.398 e. The zero-order valence-electron chi connectivity index (χ0n) is 9.77. The van der Waals surface area contributed by atoms with Crippen molar-refractivity contribution in [3.8, 4) is 6.07 Å². The highest BCUT2D eigenvalue weighted by atomic mass is 32.1. The van der Waals surface area contributed by atoms with E-state index in [0.29, 0.717) is 10.6 Å². The molecule has 1 fully saturated rings. The van der Waals surface area contributed by atoms with Crippen LogP contribution in [0.4, 0.5) is 0 Å². The van der Waals surface area contributed by atoms with E-state index in [1.54, 1.807) is 5.38 Å². The zero-order valence-corrected chi connectivity index (χ0v) is 10.6. The summed E-state index contributed by atoms with van der Waals surface area (Å²) in [5.41, 5.74) is -0.0532. The molecule has 0 saturated carbocycles. The summed E-state index contributed by atoms with van der Waals surface area (Å²) < 4.78 is 11.6. The summed E-state index contributed by atoms with van der Waals surface area (Å²) in [6.45, 7) is 7.96. The number of hydrogen-bond acceptors (Lipinski definition) is 5. The van der Waals surface area contributed by atoms with E-state index in [2.05, 4.69) is 4.98 Å². The van der Waals surface area contributed by atoms with Gasteiger partial charge >= 0.3 is 7.12 Å². The van der Waals surface area contributed by atoms with E-state index in [4.69, 9.17) is 14.6 Å². The Morgan fingerprint density at radius 1 is 1.31 bits per heavy atom. The summed E-state index contributed by atoms with van der Waals surface area (Å²) in [6, 6.07) is 2.01. The normalized spacial score (nSPS) is 22.1. The topological polar surface area (TPSA) is 55.1 Å². The van der Waals surface area contributed by atoms with Crippen LogP contribution in [0.2, 0.25) is 0 Å². The largest absolute Gasteiger partial charge is 0.515 e. The fourth-order valence-electron chi connectivity index (χ4n) is 1.41. The molecule has 0 aliphatic carbocycles. The lowest BCUT2D eigenvalue weighted by Gasteiger charge is -2.32. The Balaban J connectivity index is 2.24. The molecule has 2 heterocycles. The van der Waals surface area contributed by atoms with Gasteiger partial charge in [0.15, 0.2) is 5.01 Å². The minimum absolute atomic E-state index is 0.367. The molecule has 0 unspecified atom stereocenters. The smallest absolute Gasteiger partial charge is 0.398 e. The van der Waals surface area contributed by atoms with Crippen LogP contribution in [0.1, 0.15) is 32.7 Å². The fraction of sp³-hybridized carbons (Fsp3) is 0.600. The van der Waals surface area contributed by atoms with Gasteiger partial charge in [-0.1, -0.05) is 0 Å². The van der Waals surface area contributed by atoms with Crippen molar-refractivity contribution in [2.24, 2.45) is 0 Å². The summed E-state index contributed by atoms with van der Waals surface area (Å²) in [7, 11) is -0.469. The van der Waals surface area contributed by atoms with E-state index in [1.807, 2.05) is 33.8 Å². The Bertz CT molecular complexity index is 434. The summed E-state index contributed by atoms with van der Waals surface area (Å²) in [5.74, 6) is 0. The second-order valence-corrected chi connectivity index (χ2v) is 5.64. The van der Waals surface area contributed by atoms with E-state index < -0.39 is 7.12 Å². The molecule has 0 N–H and O–H groups in total. The average Bonchev–Trinajstić information content (AvgIpc) is 2.70. The third-order valence-electron chi connectivity index (χ3n) is 3.11. The molecule has 1 aliphatic heterocycles. The van der Waals surface area contributed by atoms with Crippen molar-refractivity contribution < 1.29 is 9.31 Å². The molecule has 1 aliphatic rings. The Hall–Kier alpha value is -0.895. The summed E-state index contributed by atoms with van der Waals surface area (Å²) in [4.78, 5) is 4.15. The van der Waals surface area contributed by atoms with Crippen LogP contribution in [0.25, 0.3) is 0 Å². The molecular formula is C10H13BN2O2S. The molecule has 6 heteroatoms. The van der Waals surface area contributed by atoms with Gasteiger partial charge in [-0.3, -0.25) is 0 Å². The van der Waals surface area contributed by atoms with Crippen LogP contribution in [0, 0.1) is 11.3 Å². The Morgan fingerprint density at radius 2 is 1.88 bits per heavy atom. The van der Waals surface area contributed by atoms with Gasteiger partial charge in [0.25, 0.3) is 0 Å². The van der Waals surface area contributed by atoms with E-state index in [0.717, 1.165) is 0 Å². The van der Waals surface area contributed by atoms with Gasteiger partial charge in [-0.25, -0.2) is 4.98 Å². The number of nitriles is 1. The van der Waals surface area contributed by atoms with Crippen LogP contribution in [0.3, 0.4) is 0 Å². The molecule has 0 aromatic carbocycles. The number of thiazole rings is 1. The highest BCUT2D eigenvalue weighted by molar-refractivity contribution is 7.11. The van der Waals surface area contributed by atoms with Crippen LogP contribution in [-0.2, 0) is 9.31 Å². The first-order chi connectivity index (χ1) is 7.36. The summed E-state index contributed by atoms with van der Waals surface area (Å²) in [5, 5.41) is 11.0. The quantitative estimate of drug-likeness (QED) is 0.420. The van der Waals surface area contributed by atoms with Crippen molar-refractivity contribution >= 4 is 24.0 Å². The zero-order chi connectivity index (χ0) is 12.0. The van der Waals surface area contributed by atoms with E-state index in [-0.39, 0.29) is 11.2 Å². The van der Waals surface area contributed by atoms with Gasteiger partial charge in [-0.2, -0.15) is 5.26 Å². The third-order valence-corrected chi connectivity index (χ3v) is 3.88. The van der Waals surface area contributed by atoms with Crippen LogP contribution in [-0.4, -0.2) is 23.3 Å². The third kappa shape index (κ3) is 1.75.